The zero-order valence-electron chi connectivity index (χ0n) is 10.9. The predicted octanol–water partition coefficient (Wildman–Crippen LogP) is 3.68. The van der Waals surface area contributed by atoms with Crippen molar-refractivity contribution in [3.8, 4) is 0 Å². The summed E-state index contributed by atoms with van der Waals surface area (Å²) in [7, 11) is 0. The molecule has 4 heteroatoms. The molecule has 0 aliphatic carbocycles. The Balaban J connectivity index is 2.35. The lowest BCUT2D eigenvalue weighted by Crippen LogP contribution is -2.16. The van der Waals surface area contributed by atoms with Crippen molar-refractivity contribution >= 4 is 5.97 Å². The fraction of sp³-hybridized carbons (Fsp3) is 0.188. The van der Waals surface area contributed by atoms with Crippen LogP contribution < -0.4 is 0 Å². The van der Waals surface area contributed by atoms with Gasteiger partial charge in [-0.1, -0.05) is 35.9 Å². The van der Waals surface area contributed by atoms with Crippen LogP contribution in [0.15, 0.2) is 42.5 Å². The Bertz CT molecular complexity index is 601. The van der Waals surface area contributed by atoms with Crippen molar-refractivity contribution in [1.29, 1.82) is 0 Å². The van der Waals surface area contributed by atoms with Crippen LogP contribution in [0.4, 0.5) is 8.78 Å². The van der Waals surface area contributed by atoms with E-state index >= 15 is 0 Å². The van der Waals surface area contributed by atoms with Crippen LogP contribution in [-0.4, -0.2) is 11.1 Å². The highest BCUT2D eigenvalue weighted by Crippen LogP contribution is 2.24. The molecule has 0 heterocycles. The topological polar surface area (TPSA) is 37.3 Å². The van der Waals surface area contributed by atoms with Crippen LogP contribution in [0.25, 0.3) is 0 Å². The number of carbonyl (C=O) groups is 1. The zero-order chi connectivity index (χ0) is 14.7. The lowest BCUT2D eigenvalue weighted by atomic mass is 9.91. The van der Waals surface area contributed by atoms with Crippen LogP contribution >= 0.6 is 0 Å². The summed E-state index contributed by atoms with van der Waals surface area (Å²) in [6, 6.07) is 10.4. The van der Waals surface area contributed by atoms with Crippen molar-refractivity contribution in [2.45, 2.75) is 19.3 Å². The Morgan fingerprint density at radius 1 is 1.10 bits per heavy atom. The van der Waals surface area contributed by atoms with Gasteiger partial charge >= 0.3 is 5.97 Å². The molecule has 1 N–H and O–H groups in total. The number of hydrogen-bond acceptors (Lipinski definition) is 1. The first-order chi connectivity index (χ1) is 9.49. The highest BCUT2D eigenvalue weighted by atomic mass is 19.1. The van der Waals surface area contributed by atoms with E-state index in [0.717, 1.165) is 17.7 Å². The molecule has 20 heavy (non-hydrogen) atoms. The maximum atomic E-state index is 13.6. The molecule has 2 nitrogen and oxygen atoms in total. The molecule has 2 aromatic rings. The van der Waals surface area contributed by atoms with Gasteiger partial charge in [-0.3, -0.25) is 4.79 Å². The molecular weight excluding hydrogens is 262 g/mol. The molecule has 2 rings (SSSR count). The minimum absolute atomic E-state index is 0.194. The van der Waals surface area contributed by atoms with Crippen LogP contribution in [0.2, 0.25) is 0 Å². The molecule has 0 bridgehead atoms. The van der Waals surface area contributed by atoms with Crippen molar-refractivity contribution in [1.82, 2.24) is 0 Å². The van der Waals surface area contributed by atoms with E-state index in [2.05, 4.69) is 0 Å². The third kappa shape index (κ3) is 3.02. The standard InChI is InChI=1S/C16H14F2O2/c1-10-5-7-11(8-6-10)12(16(19)20)9-13-14(17)3-2-4-15(13)18/h2-8,12H,9H2,1H3,(H,19,20). The van der Waals surface area contributed by atoms with Gasteiger partial charge in [-0.15, -0.1) is 0 Å². The summed E-state index contributed by atoms with van der Waals surface area (Å²) < 4.78 is 27.2. The SMILES string of the molecule is Cc1ccc(C(Cc2c(F)cccc2F)C(=O)O)cc1. The van der Waals surface area contributed by atoms with Crippen molar-refractivity contribution < 1.29 is 18.7 Å². The molecule has 0 aliphatic rings. The average Bonchev–Trinajstić information content (AvgIpc) is 2.39. The minimum atomic E-state index is -1.10. The number of hydrogen-bond donors (Lipinski definition) is 1. The van der Waals surface area contributed by atoms with Crippen LogP contribution in [0, 0.1) is 18.6 Å². The van der Waals surface area contributed by atoms with Gasteiger partial charge in [0.2, 0.25) is 0 Å². The summed E-state index contributed by atoms with van der Waals surface area (Å²) in [4.78, 5) is 11.4. The fourth-order valence-corrected chi connectivity index (χ4v) is 2.08. The molecule has 2 aromatic carbocycles. The van der Waals surface area contributed by atoms with Gasteiger partial charge in [0.05, 0.1) is 5.92 Å². The maximum absolute atomic E-state index is 13.6. The second kappa shape index (κ2) is 5.82. The Morgan fingerprint density at radius 3 is 2.15 bits per heavy atom. The Kier molecular flexibility index (Phi) is 4.13. The monoisotopic (exact) mass is 276 g/mol. The molecule has 0 spiro atoms. The van der Waals surface area contributed by atoms with Crippen LogP contribution in [0.5, 0.6) is 0 Å². The zero-order valence-corrected chi connectivity index (χ0v) is 10.9. The Hall–Kier alpha value is -2.23. The molecular formula is C16H14F2O2. The maximum Gasteiger partial charge on any atom is 0.311 e. The van der Waals surface area contributed by atoms with Crippen molar-refractivity contribution in [3.63, 3.8) is 0 Å². The normalized spacial score (nSPS) is 12.2. The minimum Gasteiger partial charge on any atom is -0.481 e. The summed E-state index contributed by atoms with van der Waals surface area (Å²) in [6.45, 7) is 1.89. The number of aliphatic carboxylic acids is 1. The second-order valence-electron chi connectivity index (χ2n) is 4.71. The van der Waals surface area contributed by atoms with E-state index in [1.807, 2.05) is 6.92 Å². The third-order valence-corrected chi connectivity index (χ3v) is 3.25. The first-order valence-corrected chi connectivity index (χ1v) is 6.21. The summed E-state index contributed by atoms with van der Waals surface area (Å²) in [6.07, 6.45) is -0.211. The van der Waals surface area contributed by atoms with Gasteiger partial charge in [-0.2, -0.15) is 0 Å². The molecule has 0 radical (unpaired) electrons. The van der Waals surface area contributed by atoms with Gasteiger partial charge < -0.3 is 5.11 Å². The first-order valence-electron chi connectivity index (χ1n) is 6.21. The average molecular weight is 276 g/mol. The molecule has 0 aliphatic heterocycles. The first kappa shape index (κ1) is 14.2. The highest BCUT2D eigenvalue weighted by molar-refractivity contribution is 5.76. The molecule has 104 valence electrons. The molecule has 0 saturated carbocycles. The number of carboxylic acids is 1. The third-order valence-electron chi connectivity index (χ3n) is 3.25. The van der Waals surface area contributed by atoms with E-state index in [1.165, 1.54) is 6.07 Å². The van der Waals surface area contributed by atoms with Crippen molar-refractivity contribution in [2.75, 3.05) is 0 Å². The molecule has 0 amide bonds. The van der Waals surface area contributed by atoms with Gasteiger partial charge in [0.1, 0.15) is 11.6 Å². The second-order valence-corrected chi connectivity index (χ2v) is 4.71. The molecule has 0 aromatic heterocycles. The van der Waals surface area contributed by atoms with Gasteiger partial charge in [0.15, 0.2) is 0 Å². The summed E-state index contributed by atoms with van der Waals surface area (Å²) in [5, 5.41) is 9.29. The number of rotatable bonds is 4. The lowest BCUT2D eigenvalue weighted by molar-refractivity contribution is -0.138. The molecule has 1 unspecified atom stereocenters. The van der Waals surface area contributed by atoms with Gasteiger partial charge in [0, 0.05) is 5.56 Å². The van der Waals surface area contributed by atoms with Gasteiger partial charge in [-0.05, 0) is 31.0 Å². The number of halogens is 2. The van der Waals surface area contributed by atoms with Crippen molar-refractivity contribution in [3.05, 3.63) is 70.8 Å². The van der Waals surface area contributed by atoms with E-state index < -0.39 is 23.5 Å². The summed E-state index contributed by atoms with van der Waals surface area (Å²) >= 11 is 0. The summed E-state index contributed by atoms with van der Waals surface area (Å²) in [5.41, 5.74) is 1.33. The van der Waals surface area contributed by atoms with Crippen LogP contribution in [0.1, 0.15) is 22.6 Å². The largest absolute Gasteiger partial charge is 0.481 e. The molecule has 0 fully saturated rings. The number of aryl methyl sites for hydroxylation is 1. The van der Waals surface area contributed by atoms with E-state index in [9.17, 15) is 18.7 Å². The van der Waals surface area contributed by atoms with E-state index in [4.69, 9.17) is 0 Å². The summed E-state index contributed by atoms with van der Waals surface area (Å²) in [5.74, 6) is -3.51. The highest BCUT2D eigenvalue weighted by Gasteiger charge is 2.23. The smallest absolute Gasteiger partial charge is 0.311 e. The Labute approximate surface area is 115 Å². The quantitative estimate of drug-likeness (QED) is 0.924. The molecule has 1 atom stereocenters. The van der Waals surface area contributed by atoms with E-state index in [0.29, 0.717) is 5.56 Å². The van der Waals surface area contributed by atoms with Gasteiger partial charge in [0.25, 0.3) is 0 Å². The van der Waals surface area contributed by atoms with Gasteiger partial charge in [-0.25, -0.2) is 8.78 Å². The Morgan fingerprint density at radius 2 is 1.65 bits per heavy atom. The lowest BCUT2D eigenvalue weighted by Gasteiger charge is -2.14. The predicted molar refractivity (Wildman–Crippen MR) is 71.6 cm³/mol. The van der Waals surface area contributed by atoms with E-state index in [1.54, 1.807) is 24.3 Å². The van der Waals surface area contributed by atoms with E-state index in [-0.39, 0.29) is 12.0 Å². The number of benzene rings is 2. The fourth-order valence-electron chi connectivity index (χ4n) is 2.08. The molecule has 0 saturated heterocycles. The number of carboxylic acid groups (broad SMARTS) is 1. The van der Waals surface area contributed by atoms with Crippen LogP contribution in [-0.2, 0) is 11.2 Å². The van der Waals surface area contributed by atoms with Crippen LogP contribution in [0.3, 0.4) is 0 Å². The van der Waals surface area contributed by atoms with Crippen molar-refractivity contribution in [2.24, 2.45) is 0 Å².